The second kappa shape index (κ2) is 22.9. The molecule has 1 unspecified atom stereocenters. The molecule has 1 atom stereocenters. The topological polar surface area (TPSA) is 18.5 Å². The Morgan fingerprint density at radius 1 is 0.455 bits per heavy atom. The summed E-state index contributed by atoms with van der Waals surface area (Å²) in [5.41, 5.74) is 6.21. The number of benzene rings is 3. The number of unbranched alkanes of at least 4 members (excludes halogenated alkanes) is 16. The lowest BCUT2D eigenvalue weighted by atomic mass is 9.94. The van der Waals surface area contributed by atoms with E-state index in [1.54, 1.807) is 0 Å². The van der Waals surface area contributed by atoms with Crippen LogP contribution >= 0.6 is 0 Å². The molecular formula is C42H62O2. The summed E-state index contributed by atoms with van der Waals surface area (Å²) in [4.78, 5) is 0. The first-order valence-electron chi connectivity index (χ1n) is 18.3. The van der Waals surface area contributed by atoms with Gasteiger partial charge in [-0.05, 0) is 59.7 Å². The Morgan fingerprint density at radius 3 is 1.34 bits per heavy atom. The molecule has 0 spiro atoms. The van der Waals surface area contributed by atoms with E-state index in [0.717, 1.165) is 31.8 Å². The third-order valence-electron chi connectivity index (χ3n) is 8.92. The summed E-state index contributed by atoms with van der Waals surface area (Å²) >= 11 is 0. The zero-order chi connectivity index (χ0) is 31.1. The van der Waals surface area contributed by atoms with Crippen LogP contribution < -0.4 is 4.74 Å². The molecule has 0 saturated heterocycles. The highest BCUT2D eigenvalue weighted by atomic mass is 16.5. The molecule has 44 heavy (non-hydrogen) atoms. The van der Waals surface area contributed by atoms with Crippen molar-refractivity contribution in [2.45, 2.75) is 142 Å². The molecule has 0 aromatic heterocycles. The van der Waals surface area contributed by atoms with Gasteiger partial charge in [0.25, 0.3) is 0 Å². The largest absolute Gasteiger partial charge is 0.494 e. The summed E-state index contributed by atoms with van der Waals surface area (Å²) in [5.74, 6) is 0.965. The Hall–Kier alpha value is -2.58. The molecule has 2 nitrogen and oxygen atoms in total. The van der Waals surface area contributed by atoms with Crippen molar-refractivity contribution in [3.8, 4) is 28.0 Å². The zero-order valence-electron chi connectivity index (χ0n) is 28.5. The fraction of sp³-hybridized carbons (Fsp3) is 0.571. The molecule has 0 bridgehead atoms. The van der Waals surface area contributed by atoms with Gasteiger partial charge in [0.1, 0.15) is 5.75 Å². The van der Waals surface area contributed by atoms with Crippen molar-refractivity contribution in [2.75, 3.05) is 13.2 Å². The molecule has 0 aliphatic heterocycles. The van der Waals surface area contributed by atoms with Gasteiger partial charge in [0.2, 0.25) is 0 Å². The van der Waals surface area contributed by atoms with Crippen molar-refractivity contribution >= 4 is 0 Å². The van der Waals surface area contributed by atoms with Gasteiger partial charge in [-0.2, -0.15) is 0 Å². The van der Waals surface area contributed by atoms with E-state index in [1.807, 2.05) is 0 Å². The molecule has 0 N–H and O–H groups in total. The lowest BCUT2D eigenvalue weighted by Crippen LogP contribution is -2.02. The fourth-order valence-corrected chi connectivity index (χ4v) is 6.02. The highest BCUT2D eigenvalue weighted by Crippen LogP contribution is 2.33. The number of hydrogen-bond donors (Lipinski definition) is 0. The SMILES string of the molecule is CCCCCCCCCCCCOc1ccc(-c2ccccc2-c2ccc(C(C)OCCCCCCCCCC)cc2)cc1. The van der Waals surface area contributed by atoms with Gasteiger partial charge in [-0.3, -0.25) is 0 Å². The molecule has 3 rings (SSSR count). The monoisotopic (exact) mass is 598 g/mol. The first-order valence-corrected chi connectivity index (χ1v) is 18.3. The number of hydrogen-bond acceptors (Lipinski definition) is 2. The van der Waals surface area contributed by atoms with E-state index in [4.69, 9.17) is 9.47 Å². The summed E-state index contributed by atoms with van der Waals surface area (Å²) in [6.07, 6.45) is 24.2. The molecule has 0 fully saturated rings. The van der Waals surface area contributed by atoms with E-state index < -0.39 is 0 Å². The number of ether oxygens (including phenoxy) is 2. The summed E-state index contributed by atoms with van der Waals surface area (Å²) in [5, 5.41) is 0. The van der Waals surface area contributed by atoms with Crippen molar-refractivity contribution < 1.29 is 9.47 Å². The minimum atomic E-state index is 0.122. The van der Waals surface area contributed by atoms with Crippen molar-refractivity contribution in [1.29, 1.82) is 0 Å². The van der Waals surface area contributed by atoms with Crippen molar-refractivity contribution in [2.24, 2.45) is 0 Å². The van der Waals surface area contributed by atoms with Gasteiger partial charge in [-0.15, -0.1) is 0 Å². The van der Waals surface area contributed by atoms with Crippen molar-refractivity contribution in [1.82, 2.24) is 0 Å². The standard InChI is InChI=1S/C42H62O2/c1-4-6-8-10-12-14-15-17-19-23-35-44-40-32-30-39(31-33-40)42-25-21-20-24-41(42)38-28-26-37(27-29-38)36(3)43-34-22-18-16-13-11-9-7-5-2/h20-21,24-33,36H,4-19,22-23,34-35H2,1-3H3. The maximum atomic E-state index is 6.18. The van der Waals surface area contributed by atoms with Crippen LogP contribution in [0.2, 0.25) is 0 Å². The maximum absolute atomic E-state index is 6.18. The Balaban J connectivity index is 1.40. The Bertz CT molecular complexity index is 1100. The normalized spacial score (nSPS) is 12.0. The smallest absolute Gasteiger partial charge is 0.119 e. The first kappa shape index (κ1) is 35.9. The van der Waals surface area contributed by atoms with Gasteiger partial charge in [0.05, 0.1) is 12.7 Å². The van der Waals surface area contributed by atoms with Crippen LogP contribution in [0.1, 0.15) is 148 Å². The third-order valence-corrected chi connectivity index (χ3v) is 8.92. The van der Waals surface area contributed by atoms with Crippen LogP contribution in [0.5, 0.6) is 5.75 Å². The lowest BCUT2D eigenvalue weighted by Gasteiger charge is -2.15. The molecule has 3 aromatic carbocycles. The van der Waals surface area contributed by atoms with E-state index in [-0.39, 0.29) is 6.10 Å². The van der Waals surface area contributed by atoms with Gasteiger partial charge >= 0.3 is 0 Å². The summed E-state index contributed by atoms with van der Waals surface area (Å²) in [6.45, 7) is 8.39. The molecule has 3 aromatic rings. The Labute approximate surface area is 271 Å². The predicted octanol–water partition coefficient (Wildman–Crippen LogP) is 13.5. The van der Waals surface area contributed by atoms with Crippen LogP contribution in [0.15, 0.2) is 72.8 Å². The molecule has 242 valence electrons. The third kappa shape index (κ3) is 14.0. The minimum Gasteiger partial charge on any atom is -0.494 e. The summed E-state index contributed by atoms with van der Waals surface area (Å²) in [7, 11) is 0. The quantitative estimate of drug-likeness (QED) is 0.0903. The molecule has 0 heterocycles. The molecule has 0 amide bonds. The van der Waals surface area contributed by atoms with Crippen LogP contribution in [-0.4, -0.2) is 13.2 Å². The van der Waals surface area contributed by atoms with Crippen LogP contribution in [-0.2, 0) is 4.74 Å². The van der Waals surface area contributed by atoms with Crippen LogP contribution in [0, 0.1) is 0 Å². The minimum absolute atomic E-state index is 0.122. The second-order valence-electron chi connectivity index (χ2n) is 12.7. The molecule has 0 saturated carbocycles. The number of rotatable bonds is 25. The second-order valence-corrected chi connectivity index (χ2v) is 12.7. The van der Waals surface area contributed by atoms with Crippen LogP contribution in [0.25, 0.3) is 22.3 Å². The highest BCUT2D eigenvalue weighted by Gasteiger charge is 2.10. The maximum Gasteiger partial charge on any atom is 0.119 e. The van der Waals surface area contributed by atoms with Crippen molar-refractivity contribution in [3.63, 3.8) is 0 Å². The molecule has 0 aliphatic rings. The van der Waals surface area contributed by atoms with Gasteiger partial charge in [-0.25, -0.2) is 0 Å². The van der Waals surface area contributed by atoms with Crippen molar-refractivity contribution in [3.05, 3.63) is 78.4 Å². The Morgan fingerprint density at radius 2 is 0.864 bits per heavy atom. The van der Waals surface area contributed by atoms with E-state index >= 15 is 0 Å². The average Bonchev–Trinajstić information content (AvgIpc) is 3.07. The molecule has 2 heteroatoms. The van der Waals surface area contributed by atoms with Gasteiger partial charge in [-0.1, -0.05) is 177 Å². The lowest BCUT2D eigenvalue weighted by molar-refractivity contribution is 0.0627. The fourth-order valence-electron chi connectivity index (χ4n) is 6.02. The summed E-state index contributed by atoms with van der Waals surface area (Å²) < 4.78 is 12.3. The van der Waals surface area contributed by atoms with E-state index in [2.05, 4.69) is 93.6 Å². The molecular weight excluding hydrogens is 536 g/mol. The summed E-state index contributed by atoms with van der Waals surface area (Å²) in [6, 6.07) is 26.3. The van der Waals surface area contributed by atoms with Gasteiger partial charge in [0.15, 0.2) is 0 Å². The van der Waals surface area contributed by atoms with E-state index in [0.29, 0.717) is 0 Å². The van der Waals surface area contributed by atoms with Crippen LogP contribution in [0.4, 0.5) is 0 Å². The zero-order valence-corrected chi connectivity index (χ0v) is 28.5. The Kier molecular flexibility index (Phi) is 18.6. The van der Waals surface area contributed by atoms with E-state index in [9.17, 15) is 0 Å². The van der Waals surface area contributed by atoms with E-state index in [1.165, 1.54) is 131 Å². The van der Waals surface area contributed by atoms with Crippen LogP contribution in [0.3, 0.4) is 0 Å². The van der Waals surface area contributed by atoms with Gasteiger partial charge < -0.3 is 9.47 Å². The highest BCUT2D eigenvalue weighted by molar-refractivity contribution is 5.83. The predicted molar refractivity (Wildman–Crippen MR) is 192 cm³/mol. The van der Waals surface area contributed by atoms with Gasteiger partial charge in [0, 0.05) is 6.61 Å². The average molecular weight is 599 g/mol. The molecule has 0 radical (unpaired) electrons. The first-order chi connectivity index (χ1) is 21.7. The molecule has 0 aliphatic carbocycles.